The van der Waals surface area contributed by atoms with Gasteiger partial charge in [-0.05, 0) is 12.8 Å². The van der Waals surface area contributed by atoms with Crippen LogP contribution in [0.2, 0.25) is 0 Å². The van der Waals surface area contributed by atoms with E-state index in [9.17, 15) is 0 Å². The van der Waals surface area contributed by atoms with Crippen molar-refractivity contribution in [3.63, 3.8) is 0 Å². The van der Waals surface area contributed by atoms with Crippen LogP contribution in [0.1, 0.15) is 37.4 Å². The minimum Gasteiger partial charge on any atom is -0.485 e. The third kappa shape index (κ3) is 1.71. The molecule has 90 valence electrons. The van der Waals surface area contributed by atoms with Gasteiger partial charge in [-0.2, -0.15) is 0 Å². The summed E-state index contributed by atoms with van der Waals surface area (Å²) in [5.74, 6) is 2.55. The smallest absolute Gasteiger partial charge is 0.176 e. The average Bonchev–Trinajstić information content (AvgIpc) is 2.57. The van der Waals surface area contributed by atoms with Crippen LogP contribution in [-0.4, -0.2) is 13.2 Å². The molecule has 0 aromatic carbocycles. The van der Waals surface area contributed by atoms with E-state index < -0.39 is 0 Å². The van der Waals surface area contributed by atoms with Crippen LogP contribution in [-0.2, 0) is 5.41 Å². The molecule has 0 saturated carbocycles. The van der Waals surface area contributed by atoms with Crippen molar-refractivity contribution in [3.05, 3.63) is 9.75 Å². The van der Waals surface area contributed by atoms with Crippen LogP contribution < -0.4 is 9.47 Å². The van der Waals surface area contributed by atoms with Crippen LogP contribution in [0.4, 0.5) is 0 Å². The molecular weight excluding hydrogens is 220 g/mol. The first-order valence-corrected chi connectivity index (χ1v) is 6.65. The summed E-state index contributed by atoms with van der Waals surface area (Å²) >= 11 is 1.82. The average molecular weight is 240 g/mol. The molecule has 1 aliphatic heterocycles. The standard InChI is InChI=1S/C13H20O2S/c1-8(2)13(4,5)12-11-10(9(3)16-12)14-6-7-15-11/h8H,6-7H2,1-5H3. The second-order valence-corrected chi connectivity index (χ2v) is 6.44. The summed E-state index contributed by atoms with van der Waals surface area (Å²) in [6.07, 6.45) is 0. The van der Waals surface area contributed by atoms with Gasteiger partial charge in [0.15, 0.2) is 11.5 Å². The zero-order valence-electron chi connectivity index (χ0n) is 10.7. The first-order valence-electron chi connectivity index (χ1n) is 5.84. The highest BCUT2D eigenvalue weighted by atomic mass is 32.1. The van der Waals surface area contributed by atoms with E-state index in [1.165, 1.54) is 9.75 Å². The largest absolute Gasteiger partial charge is 0.485 e. The Morgan fingerprint density at radius 2 is 1.69 bits per heavy atom. The van der Waals surface area contributed by atoms with Crippen LogP contribution in [0.5, 0.6) is 11.5 Å². The van der Waals surface area contributed by atoms with Crippen LogP contribution in [0.3, 0.4) is 0 Å². The zero-order valence-corrected chi connectivity index (χ0v) is 11.5. The van der Waals surface area contributed by atoms with Gasteiger partial charge in [-0.1, -0.05) is 27.7 Å². The Hall–Kier alpha value is -0.700. The lowest BCUT2D eigenvalue weighted by Crippen LogP contribution is -2.25. The molecule has 0 fully saturated rings. The zero-order chi connectivity index (χ0) is 11.9. The van der Waals surface area contributed by atoms with Crippen molar-refractivity contribution >= 4 is 11.3 Å². The number of thiophene rings is 1. The van der Waals surface area contributed by atoms with E-state index in [-0.39, 0.29) is 5.41 Å². The topological polar surface area (TPSA) is 18.5 Å². The van der Waals surface area contributed by atoms with Crippen molar-refractivity contribution in [2.45, 2.75) is 40.0 Å². The monoisotopic (exact) mass is 240 g/mol. The molecular formula is C13H20O2S. The minimum atomic E-state index is 0.143. The normalized spacial score (nSPS) is 15.6. The van der Waals surface area contributed by atoms with E-state index in [1.807, 2.05) is 11.3 Å². The third-order valence-corrected chi connectivity index (χ3v) is 5.00. The second-order valence-electron chi connectivity index (χ2n) is 5.22. The van der Waals surface area contributed by atoms with Gasteiger partial charge in [0, 0.05) is 10.3 Å². The molecule has 16 heavy (non-hydrogen) atoms. The summed E-state index contributed by atoms with van der Waals surface area (Å²) in [4.78, 5) is 2.56. The summed E-state index contributed by atoms with van der Waals surface area (Å²) in [5.41, 5.74) is 0.143. The lowest BCUT2D eigenvalue weighted by molar-refractivity contribution is 0.168. The molecule has 3 heteroatoms. The Morgan fingerprint density at radius 3 is 2.25 bits per heavy atom. The summed E-state index contributed by atoms with van der Waals surface area (Å²) in [6, 6.07) is 0. The van der Waals surface area contributed by atoms with Gasteiger partial charge in [-0.25, -0.2) is 0 Å². The fourth-order valence-corrected chi connectivity index (χ4v) is 3.07. The number of hydrogen-bond acceptors (Lipinski definition) is 3. The molecule has 0 aliphatic carbocycles. The molecule has 2 rings (SSSR count). The molecule has 0 N–H and O–H groups in total. The fraction of sp³-hybridized carbons (Fsp3) is 0.692. The van der Waals surface area contributed by atoms with E-state index >= 15 is 0 Å². The highest BCUT2D eigenvalue weighted by Crippen LogP contribution is 2.50. The first-order chi connectivity index (χ1) is 7.44. The highest BCUT2D eigenvalue weighted by molar-refractivity contribution is 7.12. The van der Waals surface area contributed by atoms with Crippen molar-refractivity contribution in [3.8, 4) is 11.5 Å². The van der Waals surface area contributed by atoms with Crippen LogP contribution in [0.25, 0.3) is 0 Å². The molecule has 0 saturated heterocycles. The predicted molar refractivity (Wildman–Crippen MR) is 67.9 cm³/mol. The molecule has 1 aromatic rings. The van der Waals surface area contributed by atoms with Crippen molar-refractivity contribution in [1.82, 2.24) is 0 Å². The lowest BCUT2D eigenvalue weighted by atomic mass is 9.79. The molecule has 0 radical (unpaired) electrons. The van der Waals surface area contributed by atoms with Crippen molar-refractivity contribution < 1.29 is 9.47 Å². The first kappa shape index (κ1) is 11.8. The van der Waals surface area contributed by atoms with Crippen LogP contribution >= 0.6 is 11.3 Å². The number of rotatable bonds is 2. The predicted octanol–water partition coefficient (Wildman–Crippen LogP) is 3.76. The van der Waals surface area contributed by atoms with Gasteiger partial charge in [0.1, 0.15) is 13.2 Å². The molecule has 0 bridgehead atoms. The summed E-state index contributed by atoms with van der Waals surface area (Å²) < 4.78 is 11.5. The second kappa shape index (κ2) is 3.95. The number of hydrogen-bond donors (Lipinski definition) is 0. The van der Waals surface area contributed by atoms with Crippen molar-refractivity contribution in [2.24, 2.45) is 5.92 Å². The molecule has 2 nitrogen and oxygen atoms in total. The quantitative estimate of drug-likeness (QED) is 0.783. The van der Waals surface area contributed by atoms with E-state index in [0.29, 0.717) is 19.1 Å². The molecule has 0 atom stereocenters. The molecule has 0 amide bonds. The SMILES string of the molecule is Cc1sc(C(C)(C)C(C)C)c2c1OCCO2. The molecule has 0 unspecified atom stereocenters. The fourth-order valence-electron chi connectivity index (χ4n) is 1.78. The van der Waals surface area contributed by atoms with Crippen molar-refractivity contribution in [1.29, 1.82) is 0 Å². The summed E-state index contributed by atoms with van der Waals surface area (Å²) in [7, 11) is 0. The van der Waals surface area contributed by atoms with Gasteiger partial charge in [-0.3, -0.25) is 0 Å². The number of ether oxygens (including phenoxy) is 2. The van der Waals surface area contributed by atoms with Gasteiger partial charge in [0.25, 0.3) is 0 Å². The maximum atomic E-state index is 5.80. The maximum Gasteiger partial charge on any atom is 0.176 e. The Balaban J connectivity index is 2.50. The molecule has 2 heterocycles. The molecule has 0 spiro atoms. The number of fused-ring (bicyclic) bond motifs is 1. The van der Waals surface area contributed by atoms with Gasteiger partial charge >= 0.3 is 0 Å². The van der Waals surface area contributed by atoms with Gasteiger partial charge in [0.05, 0.1) is 4.88 Å². The lowest BCUT2D eigenvalue weighted by Gasteiger charge is -2.30. The Labute approximate surface area is 102 Å². The van der Waals surface area contributed by atoms with Crippen molar-refractivity contribution in [2.75, 3.05) is 13.2 Å². The Kier molecular flexibility index (Phi) is 2.91. The molecule has 1 aromatic heterocycles. The van der Waals surface area contributed by atoms with Crippen LogP contribution in [0, 0.1) is 12.8 Å². The summed E-state index contributed by atoms with van der Waals surface area (Å²) in [5, 5.41) is 0. The highest BCUT2D eigenvalue weighted by Gasteiger charge is 2.34. The van der Waals surface area contributed by atoms with E-state index in [0.717, 1.165) is 11.5 Å². The van der Waals surface area contributed by atoms with Gasteiger partial charge in [0.2, 0.25) is 0 Å². The van der Waals surface area contributed by atoms with E-state index in [4.69, 9.17) is 9.47 Å². The van der Waals surface area contributed by atoms with E-state index in [2.05, 4.69) is 34.6 Å². The Morgan fingerprint density at radius 1 is 1.12 bits per heavy atom. The third-order valence-electron chi connectivity index (χ3n) is 3.59. The van der Waals surface area contributed by atoms with Gasteiger partial charge in [-0.15, -0.1) is 11.3 Å². The molecule has 1 aliphatic rings. The minimum absolute atomic E-state index is 0.143. The van der Waals surface area contributed by atoms with E-state index in [1.54, 1.807) is 0 Å². The number of aryl methyl sites for hydroxylation is 1. The Bertz CT molecular complexity index is 391. The van der Waals surface area contributed by atoms with Gasteiger partial charge < -0.3 is 9.47 Å². The maximum absolute atomic E-state index is 5.80. The summed E-state index contributed by atoms with van der Waals surface area (Å²) in [6.45, 7) is 12.5. The van der Waals surface area contributed by atoms with Crippen LogP contribution in [0.15, 0.2) is 0 Å².